The van der Waals surface area contributed by atoms with Crippen molar-refractivity contribution in [1.29, 1.82) is 0 Å². The van der Waals surface area contributed by atoms with Crippen LogP contribution in [0.15, 0.2) is 78.0 Å². The Labute approximate surface area is 213 Å². The minimum absolute atomic E-state index is 0.127. The molecule has 0 bridgehead atoms. The Hall–Kier alpha value is -4.11. The number of carbonyl (C=O) groups is 2. The number of thioether (sulfide) groups is 1. The average Bonchev–Trinajstić information content (AvgIpc) is 3.32. The van der Waals surface area contributed by atoms with Crippen LogP contribution in [-0.2, 0) is 9.53 Å². The van der Waals surface area contributed by atoms with Crippen LogP contribution in [0.2, 0.25) is 0 Å². The third kappa shape index (κ3) is 5.92. The number of benzene rings is 3. The van der Waals surface area contributed by atoms with E-state index in [1.807, 2.05) is 66.9 Å². The van der Waals surface area contributed by atoms with Gasteiger partial charge in [-0.05, 0) is 68.4 Å². The quantitative estimate of drug-likeness (QED) is 0.250. The molecule has 1 aromatic heterocycles. The number of aryl methyl sites for hydroxylation is 1. The molecule has 0 aliphatic heterocycles. The van der Waals surface area contributed by atoms with E-state index >= 15 is 0 Å². The topological polar surface area (TPSA) is 95.3 Å². The van der Waals surface area contributed by atoms with E-state index in [0.717, 1.165) is 22.6 Å². The summed E-state index contributed by atoms with van der Waals surface area (Å²) in [6.45, 7) is 4.55. The molecule has 9 heteroatoms. The summed E-state index contributed by atoms with van der Waals surface area (Å²) in [5.41, 5.74) is 3.90. The summed E-state index contributed by atoms with van der Waals surface area (Å²) in [6.07, 6.45) is 0. The average molecular weight is 503 g/mol. The van der Waals surface area contributed by atoms with E-state index in [4.69, 9.17) is 9.47 Å². The van der Waals surface area contributed by atoms with Gasteiger partial charge in [0, 0.05) is 16.9 Å². The van der Waals surface area contributed by atoms with Crippen molar-refractivity contribution in [2.75, 3.05) is 24.8 Å². The lowest BCUT2D eigenvalue weighted by atomic mass is 10.1. The molecule has 1 amide bonds. The van der Waals surface area contributed by atoms with Crippen LogP contribution < -0.4 is 10.1 Å². The number of carbonyl (C=O) groups excluding carboxylic acids is 2. The molecular weight excluding hydrogens is 476 g/mol. The number of nitrogens with zero attached hydrogens (tertiary/aromatic N) is 3. The molecule has 0 saturated carbocycles. The second kappa shape index (κ2) is 11.5. The predicted octanol–water partition coefficient (Wildman–Crippen LogP) is 5.16. The molecule has 0 aliphatic rings. The summed E-state index contributed by atoms with van der Waals surface area (Å²) in [5, 5.41) is 12.3. The second-order valence-corrected chi connectivity index (χ2v) is 8.79. The third-order valence-corrected chi connectivity index (χ3v) is 6.17. The Kier molecular flexibility index (Phi) is 8.02. The highest BCUT2D eigenvalue weighted by Gasteiger charge is 2.18. The van der Waals surface area contributed by atoms with Crippen LogP contribution in [0, 0.1) is 6.92 Å². The van der Waals surface area contributed by atoms with Crippen molar-refractivity contribution in [1.82, 2.24) is 14.8 Å². The first-order chi connectivity index (χ1) is 17.5. The first kappa shape index (κ1) is 25.0. The molecule has 36 heavy (non-hydrogen) atoms. The number of methoxy groups -OCH3 is 1. The molecule has 0 unspecified atom stereocenters. The highest BCUT2D eigenvalue weighted by molar-refractivity contribution is 7.99. The molecule has 0 saturated heterocycles. The maximum absolute atomic E-state index is 12.6. The molecule has 0 spiro atoms. The largest absolute Gasteiger partial charge is 0.494 e. The van der Waals surface area contributed by atoms with Crippen molar-refractivity contribution in [3.8, 4) is 22.8 Å². The molecule has 1 N–H and O–H groups in total. The van der Waals surface area contributed by atoms with Crippen LogP contribution in [0.1, 0.15) is 22.8 Å². The van der Waals surface area contributed by atoms with Gasteiger partial charge in [-0.15, -0.1) is 10.2 Å². The smallest absolute Gasteiger partial charge is 0.337 e. The summed E-state index contributed by atoms with van der Waals surface area (Å²) >= 11 is 1.29. The number of amides is 1. The van der Waals surface area contributed by atoms with E-state index in [-0.39, 0.29) is 11.7 Å². The van der Waals surface area contributed by atoms with Gasteiger partial charge in [-0.2, -0.15) is 0 Å². The van der Waals surface area contributed by atoms with Gasteiger partial charge in [0.05, 0.1) is 25.0 Å². The van der Waals surface area contributed by atoms with Gasteiger partial charge in [0.25, 0.3) is 0 Å². The first-order valence-corrected chi connectivity index (χ1v) is 12.3. The van der Waals surface area contributed by atoms with E-state index in [0.29, 0.717) is 28.8 Å². The van der Waals surface area contributed by atoms with Crippen LogP contribution in [0.4, 0.5) is 5.69 Å². The molecule has 4 rings (SSSR count). The third-order valence-electron chi connectivity index (χ3n) is 5.24. The van der Waals surface area contributed by atoms with Gasteiger partial charge in [-0.3, -0.25) is 9.36 Å². The van der Waals surface area contributed by atoms with Crippen LogP contribution in [-0.4, -0.2) is 46.1 Å². The molecule has 8 nitrogen and oxygen atoms in total. The minimum atomic E-state index is -0.429. The standard InChI is InChI=1S/C27H26N4O4S/c1-4-35-23-14-12-22(13-15-23)31-25(20-7-5-6-18(2)16-20)29-30-27(31)36-17-24(32)28-21-10-8-19(9-11-21)26(33)34-3/h5-16H,4,17H2,1-3H3,(H,28,32). The van der Waals surface area contributed by atoms with Gasteiger partial charge in [0.1, 0.15) is 5.75 Å². The van der Waals surface area contributed by atoms with Crippen LogP contribution in [0.25, 0.3) is 17.1 Å². The van der Waals surface area contributed by atoms with Crippen molar-refractivity contribution in [2.45, 2.75) is 19.0 Å². The van der Waals surface area contributed by atoms with Gasteiger partial charge in [0.15, 0.2) is 11.0 Å². The molecule has 4 aromatic rings. The Morgan fingerprint density at radius 1 is 1.00 bits per heavy atom. The van der Waals surface area contributed by atoms with E-state index in [1.165, 1.54) is 18.9 Å². The van der Waals surface area contributed by atoms with E-state index < -0.39 is 5.97 Å². The monoisotopic (exact) mass is 502 g/mol. The zero-order chi connectivity index (χ0) is 25.5. The van der Waals surface area contributed by atoms with Crippen molar-refractivity contribution in [2.24, 2.45) is 0 Å². The number of anilines is 1. The normalized spacial score (nSPS) is 10.6. The number of rotatable bonds is 9. The molecule has 1 heterocycles. The number of aromatic nitrogens is 3. The van der Waals surface area contributed by atoms with Crippen molar-refractivity contribution in [3.05, 3.63) is 83.9 Å². The molecule has 0 fully saturated rings. The highest BCUT2D eigenvalue weighted by Crippen LogP contribution is 2.29. The van der Waals surface area contributed by atoms with Gasteiger partial charge in [0.2, 0.25) is 5.91 Å². The lowest BCUT2D eigenvalue weighted by Crippen LogP contribution is -2.14. The summed E-state index contributed by atoms with van der Waals surface area (Å²) in [7, 11) is 1.33. The fraction of sp³-hybridized carbons (Fsp3) is 0.185. The fourth-order valence-electron chi connectivity index (χ4n) is 3.56. The van der Waals surface area contributed by atoms with Crippen LogP contribution >= 0.6 is 11.8 Å². The Morgan fingerprint density at radius 3 is 2.42 bits per heavy atom. The maximum atomic E-state index is 12.6. The van der Waals surface area contributed by atoms with Gasteiger partial charge in [-0.1, -0.05) is 35.5 Å². The maximum Gasteiger partial charge on any atom is 0.337 e. The molecule has 0 atom stereocenters. The van der Waals surface area contributed by atoms with Crippen LogP contribution in [0.5, 0.6) is 5.75 Å². The fourth-order valence-corrected chi connectivity index (χ4v) is 4.31. The van der Waals surface area contributed by atoms with Gasteiger partial charge in [-0.25, -0.2) is 4.79 Å². The Bertz CT molecular complexity index is 1350. The SMILES string of the molecule is CCOc1ccc(-n2c(SCC(=O)Nc3ccc(C(=O)OC)cc3)nnc2-c2cccc(C)c2)cc1. The van der Waals surface area contributed by atoms with Crippen molar-refractivity contribution >= 4 is 29.3 Å². The van der Waals surface area contributed by atoms with Gasteiger partial charge < -0.3 is 14.8 Å². The summed E-state index contributed by atoms with van der Waals surface area (Å²) < 4.78 is 12.2. The molecule has 184 valence electrons. The number of ether oxygens (including phenoxy) is 2. The molecule has 3 aromatic carbocycles. The van der Waals surface area contributed by atoms with Crippen molar-refractivity contribution in [3.63, 3.8) is 0 Å². The molecular formula is C27H26N4O4S. The number of hydrogen-bond donors (Lipinski definition) is 1. The van der Waals surface area contributed by atoms with E-state index in [9.17, 15) is 9.59 Å². The molecule has 0 radical (unpaired) electrons. The van der Waals surface area contributed by atoms with Crippen molar-refractivity contribution < 1.29 is 19.1 Å². The second-order valence-electron chi connectivity index (χ2n) is 7.84. The zero-order valence-electron chi connectivity index (χ0n) is 20.2. The summed E-state index contributed by atoms with van der Waals surface area (Å²) in [6, 6.07) is 22.3. The summed E-state index contributed by atoms with van der Waals surface area (Å²) in [5.74, 6) is 0.954. The highest BCUT2D eigenvalue weighted by atomic mass is 32.2. The number of nitrogens with one attached hydrogen (secondary N) is 1. The van der Waals surface area contributed by atoms with Crippen LogP contribution in [0.3, 0.4) is 0 Å². The lowest BCUT2D eigenvalue weighted by Gasteiger charge is -2.12. The number of hydrogen-bond acceptors (Lipinski definition) is 7. The first-order valence-electron chi connectivity index (χ1n) is 11.3. The molecule has 0 aliphatic carbocycles. The van der Waals surface area contributed by atoms with E-state index in [1.54, 1.807) is 24.3 Å². The number of esters is 1. The predicted molar refractivity (Wildman–Crippen MR) is 140 cm³/mol. The Morgan fingerprint density at radius 2 is 1.75 bits per heavy atom. The van der Waals surface area contributed by atoms with E-state index in [2.05, 4.69) is 15.5 Å². The lowest BCUT2D eigenvalue weighted by molar-refractivity contribution is -0.113. The Balaban J connectivity index is 1.55. The van der Waals surface area contributed by atoms with Gasteiger partial charge >= 0.3 is 5.97 Å². The minimum Gasteiger partial charge on any atom is -0.494 e. The zero-order valence-corrected chi connectivity index (χ0v) is 21.0. The summed E-state index contributed by atoms with van der Waals surface area (Å²) in [4.78, 5) is 24.2.